The van der Waals surface area contributed by atoms with Crippen LogP contribution in [0.2, 0.25) is 0 Å². The molecule has 0 aromatic heterocycles. The lowest BCUT2D eigenvalue weighted by molar-refractivity contribution is 0.523. The van der Waals surface area contributed by atoms with Crippen molar-refractivity contribution in [1.29, 1.82) is 0 Å². The molecule has 0 saturated heterocycles. The highest BCUT2D eigenvalue weighted by atomic mass is 79.9. The van der Waals surface area contributed by atoms with Crippen molar-refractivity contribution in [2.24, 2.45) is 5.92 Å². The maximum absolute atomic E-state index is 3.73. The molecule has 10 heavy (non-hydrogen) atoms. The summed E-state index contributed by atoms with van der Waals surface area (Å²) in [5.74, 6) is 0.929. The van der Waals surface area contributed by atoms with Crippen LogP contribution in [0.4, 0.5) is 0 Å². The van der Waals surface area contributed by atoms with E-state index in [0.717, 1.165) is 10.7 Å². The number of halogens is 1. The Morgan fingerprint density at radius 2 is 2.30 bits per heavy atom. The summed E-state index contributed by atoms with van der Waals surface area (Å²) in [6.45, 7) is 3.73. The molecule has 0 radical (unpaired) electrons. The van der Waals surface area contributed by atoms with Crippen molar-refractivity contribution in [2.75, 3.05) is 0 Å². The summed E-state index contributed by atoms with van der Waals surface area (Å²) in [5.41, 5.74) is 0. The molecule has 2 atom stereocenters. The molecule has 58 valence electrons. The first-order chi connectivity index (χ1) is 4.84. The van der Waals surface area contributed by atoms with E-state index in [0.29, 0.717) is 0 Å². The van der Waals surface area contributed by atoms with Gasteiger partial charge in [0, 0.05) is 4.83 Å². The Morgan fingerprint density at radius 1 is 1.50 bits per heavy atom. The summed E-state index contributed by atoms with van der Waals surface area (Å²) in [4.78, 5) is 0.799. The first-order valence-electron chi connectivity index (χ1n) is 4.09. The van der Waals surface area contributed by atoms with E-state index in [4.69, 9.17) is 0 Å². The fourth-order valence-electron chi connectivity index (χ4n) is 1.65. The number of hydrogen-bond acceptors (Lipinski definition) is 0. The zero-order valence-electron chi connectivity index (χ0n) is 6.35. The minimum Gasteiger partial charge on any atom is -0.103 e. The maximum atomic E-state index is 3.73. The SMILES string of the molecule is C=CCCC1CCCC1Br. The third-order valence-electron chi connectivity index (χ3n) is 2.31. The molecule has 1 heteroatoms. The summed E-state index contributed by atoms with van der Waals surface area (Å²) in [7, 11) is 0. The molecule has 1 aliphatic rings. The minimum absolute atomic E-state index is 0.799. The van der Waals surface area contributed by atoms with E-state index in [-0.39, 0.29) is 0 Å². The van der Waals surface area contributed by atoms with E-state index in [1.54, 1.807) is 0 Å². The lowest BCUT2D eigenvalue weighted by Crippen LogP contribution is -2.05. The molecular formula is C9H15Br. The molecule has 0 amide bonds. The Bertz CT molecular complexity index is 109. The highest BCUT2D eigenvalue weighted by Crippen LogP contribution is 2.34. The molecule has 0 aliphatic heterocycles. The molecule has 1 aliphatic carbocycles. The fraction of sp³-hybridized carbons (Fsp3) is 0.778. The lowest BCUT2D eigenvalue weighted by Gasteiger charge is -2.11. The van der Waals surface area contributed by atoms with Crippen molar-refractivity contribution in [3.63, 3.8) is 0 Å². The highest BCUT2D eigenvalue weighted by Gasteiger charge is 2.23. The average molecular weight is 203 g/mol. The van der Waals surface area contributed by atoms with Gasteiger partial charge < -0.3 is 0 Å². The van der Waals surface area contributed by atoms with Crippen molar-refractivity contribution in [1.82, 2.24) is 0 Å². The first kappa shape index (κ1) is 8.32. The van der Waals surface area contributed by atoms with Gasteiger partial charge in [-0.1, -0.05) is 28.4 Å². The van der Waals surface area contributed by atoms with Crippen molar-refractivity contribution >= 4 is 15.9 Å². The second kappa shape index (κ2) is 4.17. The zero-order valence-corrected chi connectivity index (χ0v) is 7.94. The summed E-state index contributed by atoms with van der Waals surface area (Å²) in [6, 6.07) is 0. The van der Waals surface area contributed by atoms with Crippen LogP contribution in [0.3, 0.4) is 0 Å². The van der Waals surface area contributed by atoms with Gasteiger partial charge in [-0.05, 0) is 31.6 Å². The second-order valence-electron chi connectivity index (χ2n) is 3.07. The van der Waals surface area contributed by atoms with Gasteiger partial charge in [0.05, 0.1) is 0 Å². The van der Waals surface area contributed by atoms with Crippen molar-refractivity contribution < 1.29 is 0 Å². The van der Waals surface area contributed by atoms with Gasteiger partial charge in [0.15, 0.2) is 0 Å². The molecule has 1 fully saturated rings. The Labute approximate surface area is 71.8 Å². The number of hydrogen-bond donors (Lipinski definition) is 0. The molecule has 2 unspecified atom stereocenters. The van der Waals surface area contributed by atoms with Crippen LogP contribution in [0.5, 0.6) is 0 Å². The predicted molar refractivity (Wildman–Crippen MR) is 49.5 cm³/mol. The molecule has 0 nitrogen and oxygen atoms in total. The highest BCUT2D eigenvalue weighted by molar-refractivity contribution is 9.09. The van der Waals surface area contributed by atoms with Crippen molar-refractivity contribution in [3.05, 3.63) is 12.7 Å². The van der Waals surface area contributed by atoms with Gasteiger partial charge in [-0.2, -0.15) is 0 Å². The normalized spacial score (nSPS) is 32.5. The Hall–Kier alpha value is 0.220. The van der Waals surface area contributed by atoms with Gasteiger partial charge in [-0.3, -0.25) is 0 Å². The largest absolute Gasteiger partial charge is 0.103 e. The smallest absolute Gasteiger partial charge is 0.0174 e. The predicted octanol–water partition coefficient (Wildman–Crippen LogP) is 3.52. The molecule has 1 saturated carbocycles. The zero-order chi connectivity index (χ0) is 7.40. The number of rotatable bonds is 3. The van der Waals surface area contributed by atoms with Gasteiger partial charge in [-0.25, -0.2) is 0 Å². The average Bonchev–Trinajstić information content (AvgIpc) is 2.31. The van der Waals surface area contributed by atoms with Crippen LogP contribution in [0, 0.1) is 5.92 Å². The summed E-state index contributed by atoms with van der Waals surface area (Å²) in [5, 5.41) is 0. The standard InChI is InChI=1S/C9H15Br/c1-2-3-5-8-6-4-7-9(8)10/h2,8-9H,1,3-7H2. The molecule has 0 heterocycles. The number of allylic oxidation sites excluding steroid dienone is 1. The van der Waals surface area contributed by atoms with Crippen LogP contribution >= 0.6 is 15.9 Å². The topological polar surface area (TPSA) is 0 Å². The van der Waals surface area contributed by atoms with Gasteiger partial charge in [-0.15, -0.1) is 6.58 Å². The maximum Gasteiger partial charge on any atom is 0.0174 e. The van der Waals surface area contributed by atoms with Crippen LogP contribution < -0.4 is 0 Å². The Kier molecular flexibility index (Phi) is 3.47. The van der Waals surface area contributed by atoms with E-state index in [1.165, 1.54) is 32.1 Å². The van der Waals surface area contributed by atoms with E-state index >= 15 is 0 Å². The summed E-state index contributed by atoms with van der Waals surface area (Å²) >= 11 is 3.70. The van der Waals surface area contributed by atoms with Crippen molar-refractivity contribution in [3.8, 4) is 0 Å². The van der Waals surface area contributed by atoms with E-state index < -0.39 is 0 Å². The Morgan fingerprint density at radius 3 is 2.80 bits per heavy atom. The Balaban J connectivity index is 2.19. The molecule has 0 bridgehead atoms. The third kappa shape index (κ3) is 2.12. The summed E-state index contributed by atoms with van der Waals surface area (Å²) < 4.78 is 0. The molecule has 0 aromatic rings. The molecule has 0 aromatic carbocycles. The van der Waals surface area contributed by atoms with Crippen LogP contribution in [0.15, 0.2) is 12.7 Å². The lowest BCUT2D eigenvalue weighted by atomic mass is 10.0. The van der Waals surface area contributed by atoms with Crippen LogP contribution in [0.1, 0.15) is 32.1 Å². The fourth-order valence-corrected chi connectivity index (χ4v) is 2.50. The van der Waals surface area contributed by atoms with Gasteiger partial charge in [0.1, 0.15) is 0 Å². The number of alkyl halides is 1. The van der Waals surface area contributed by atoms with Crippen LogP contribution in [0.25, 0.3) is 0 Å². The van der Waals surface area contributed by atoms with Crippen molar-refractivity contribution in [2.45, 2.75) is 36.9 Å². The molecule has 0 spiro atoms. The van der Waals surface area contributed by atoms with E-state index in [9.17, 15) is 0 Å². The quantitative estimate of drug-likeness (QED) is 0.486. The van der Waals surface area contributed by atoms with Crippen LogP contribution in [-0.4, -0.2) is 4.83 Å². The van der Waals surface area contributed by atoms with Gasteiger partial charge in [0.2, 0.25) is 0 Å². The van der Waals surface area contributed by atoms with Gasteiger partial charge in [0.25, 0.3) is 0 Å². The first-order valence-corrected chi connectivity index (χ1v) is 5.01. The minimum atomic E-state index is 0.799. The monoisotopic (exact) mass is 202 g/mol. The van der Waals surface area contributed by atoms with Gasteiger partial charge >= 0.3 is 0 Å². The summed E-state index contributed by atoms with van der Waals surface area (Å²) in [6.07, 6.45) is 8.76. The third-order valence-corrected chi connectivity index (χ3v) is 3.51. The van der Waals surface area contributed by atoms with E-state index in [1.807, 2.05) is 6.08 Å². The molecule has 1 rings (SSSR count). The van der Waals surface area contributed by atoms with E-state index in [2.05, 4.69) is 22.5 Å². The molecular weight excluding hydrogens is 188 g/mol. The van der Waals surface area contributed by atoms with Crippen LogP contribution in [-0.2, 0) is 0 Å². The molecule has 0 N–H and O–H groups in total. The second-order valence-corrected chi connectivity index (χ2v) is 4.25.